The molecule has 23 heavy (non-hydrogen) atoms. The van der Waals surface area contributed by atoms with Crippen molar-refractivity contribution < 1.29 is 23.5 Å². The number of benzene rings is 1. The zero-order valence-corrected chi connectivity index (χ0v) is 13.3. The maximum absolute atomic E-state index is 13.4. The zero-order valence-electron chi connectivity index (χ0n) is 12.5. The van der Waals surface area contributed by atoms with Crippen LogP contribution in [0.2, 0.25) is 0 Å². The van der Waals surface area contributed by atoms with E-state index in [0.717, 1.165) is 0 Å². The molecule has 1 rings (SSSR count). The van der Waals surface area contributed by atoms with Crippen LogP contribution in [0.15, 0.2) is 24.3 Å². The first-order valence-corrected chi connectivity index (χ1v) is 8.09. The molecule has 1 atom stereocenters. The topological polar surface area (TPSA) is 111 Å². The number of carbonyl (C=O) groups excluding carboxylic acids is 3. The molecule has 0 bridgehead atoms. The third kappa shape index (κ3) is 7.00. The molecule has 0 aliphatic rings. The van der Waals surface area contributed by atoms with Crippen molar-refractivity contribution in [1.82, 2.24) is 5.32 Å². The number of hydrogen-bond acceptors (Lipinski definition) is 5. The summed E-state index contributed by atoms with van der Waals surface area (Å²) < 4.78 is 18.2. The lowest BCUT2D eigenvalue weighted by Gasteiger charge is -2.15. The second kappa shape index (κ2) is 9.67. The number of urea groups is 1. The van der Waals surface area contributed by atoms with Crippen LogP contribution in [-0.2, 0) is 14.3 Å². The van der Waals surface area contributed by atoms with Gasteiger partial charge >= 0.3 is 12.0 Å². The predicted octanol–water partition coefficient (Wildman–Crippen LogP) is 1.10. The van der Waals surface area contributed by atoms with Gasteiger partial charge in [0.05, 0.1) is 5.69 Å². The summed E-state index contributed by atoms with van der Waals surface area (Å²) in [7, 11) is 0. The highest BCUT2D eigenvalue weighted by atomic mass is 32.2. The predicted molar refractivity (Wildman–Crippen MR) is 85.5 cm³/mol. The van der Waals surface area contributed by atoms with E-state index in [2.05, 4.69) is 10.6 Å². The number of rotatable bonds is 8. The van der Waals surface area contributed by atoms with Crippen LogP contribution in [0.4, 0.5) is 14.9 Å². The Morgan fingerprint density at radius 2 is 2.04 bits per heavy atom. The Hall–Kier alpha value is -2.29. The van der Waals surface area contributed by atoms with E-state index in [-0.39, 0.29) is 5.69 Å². The van der Waals surface area contributed by atoms with Crippen molar-refractivity contribution in [1.29, 1.82) is 0 Å². The zero-order chi connectivity index (χ0) is 17.2. The standard InChI is InChI=1S/C14H18FN3O4S/c1-23-7-6-11(18-14(16)21)13(20)22-8-12(19)17-10-5-3-2-4-9(10)15/h2-5,11H,6-8H2,1H3,(H,17,19)(H3,16,18,21)/t11-/m1/s1. The summed E-state index contributed by atoms with van der Waals surface area (Å²) in [6.45, 7) is -0.594. The van der Waals surface area contributed by atoms with Crippen LogP contribution in [0.1, 0.15) is 6.42 Å². The van der Waals surface area contributed by atoms with Gasteiger partial charge in [-0.15, -0.1) is 0 Å². The number of primary amides is 1. The number of nitrogens with one attached hydrogen (secondary N) is 2. The lowest BCUT2D eigenvalue weighted by atomic mass is 10.2. The molecule has 0 aliphatic heterocycles. The Morgan fingerprint density at radius 3 is 2.65 bits per heavy atom. The number of amides is 3. The van der Waals surface area contributed by atoms with Gasteiger partial charge in [-0.3, -0.25) is 4.79 Å². The molecule has 0 aromatic heterocycles. The second-order valence-electron chi connectivity index (χ2n) is 4.48. The fourth-order valence-electron chi connectivity index (χ4n) is 1.64. The summed E-state index contributed by atoms with van der Waals surface area (Å²) in [5.41, 5.74) is 4.98. The van der Waals surface area contributed by atoms with Gasteiger partial charge in [0, 0.05) is 0 Å². The van der Waals surface area contributed by atoms with Gasteiger partial charge in [-0.25, -0.2) is 14.0 Å². The van der Waals surface area contributed by atoms with Crippen molar-refractivity contribution in [2.45, 2.75) is 12.5 Å². The molecule has 9 heteroatoms. The molecule has 0 aliphatic carbocycles. The maximum atomic E-state index is 13.4. The molecule has 7 nitrogen and oxygen atoms in total. The van der Waals surface area contributed by atoms with Gasteiger partial charge in [0.15, 0.2) is 6.61 Å². The third-order valence-corrected chi connectivity index (χ3v) is 3.35. The van der Waals surface area contributed by atoms with Crippen molar-refractivity contribution in [3.8, 4) is 0 Å². The average molecular weight is 343 g/mol. The highest BCUT2D eigenvalue weighted by Crippen LogP contribution is 2.12. The molecule has 0 spiro atoms. The van der Waals surface area contributed by atoms with Crippen LogP contribution in [0, 0.1) is 5.82 Å². The number of hydrogen-bond donors (Lipinski definition) is 3. The van der Waals surface area contributed by atoms with Crippen LogP contribution in [0.25, 0.3) is 0 Å². The monoisotopic (exact) mass is 343 g/mol. The fourth-order valence-corrected chi connectivity index (χ4v) is 2.11. The summed E-state index contributed by atoms with van der Waals surface area (Å²) in [5, 5.41) is 4.54. The summed E-state index contributed by atoms with van der Waals surface area (Å²) >= 11 is 1.48. The Labute approximate surface area is 137 Å². The van der Waals surface area contributed by atoms with E-state index < -0.39 is 36.4 Å². The molecule has 0 heterocycles. The number of para-hydroxylation sites is 1. The van der Waals surface area contributed by atoms with Crippen LogP contribution in [0.5, 0.6) is 0 Å². The number of nitrogens with two attached hydrogens (primary N) is 1. The van der Waals surface area contributed by atoms with E-state index in [1.165, 1.54) is 30.0 Å². The SMILES string of the molecule is CSCC[C@@H](NC(N)=O)C(=O)OCC(=O)Nc1ccccc1F. The van der Waals surface area contributed by atoms with Gasteiger partial charge in [0.2, 0.25) is 0 Å². The van der Waals surface area contributed by atoms with Crippen LogP contribution in [-0.4, -0.2) is 42.6 Å². The molecule has 0 fully saturated rings. The fraction of sp³-hybridized carbons (Fsp3) is 0.357. The first-order valence-electron chi connectivity index (χ1n) is 6.70. The molecule has 1 aromatic rings. The Kier molecular flexibility index (Phi) is 7.89. The highest BCUT2D eigenvalue weighted by Gasteiger charge is 2.22. The van der Waals surface area contributed by atoms with E-state index in [9.17, 15) is 18.8 Å². The first kappa shape index (κ1) is 18.8. The first-order chi connectivity index (χ1) is 10.9. The van der Waals surface area contributed by atoms with Crippen molar-refractivity contribution in [3.05, 3.63) is 30.1 Å². The summed E-state index contributed by atoms with van der Waals surface area (Å²) in [6, 6.07) is 3.82. The van der Waals surface area contributed by atoms with Gasteiger partial charge in [-0.2, -0.15) is 11.8 Å². The van der Waals surface area contributed by atoms with Crippen LogP contribution in [0.3, 0.4) is 0 Å². The van der Waals surface area contributed by atoms with E-state index in [4.69, 9.17) is 10.5 Å². The van der Waals surface area contributed by atoms with Gasteiger partial charge in [-0.05, 0) is 30.6 Å². The molecular formula is C14H18FN3O4S. The molecule has 0 saturated carbocycles. The molecule has 0 saturated heterocycles. The largest absolute Gasteiger partial charge is 0.454 e. The van der Waals surface area contributed by atoms with Gasteiger partial charge in [0.25, 0.3) is 5.91 Å². The summed E-state index contributed by atoms with van der Waals surface area (Å²) in [5.74, 6) is -1.46. The lowest BCUT2D eigenvalue weighted by Crippen LogP contribution is -2.45. The summed E-state index contributed by atoms with van der Waals surface area (Å²) in [6.07, 6.45) is 2.16. The minimum atomic E-state index is -0.929. The van der Waals surface area contributed by atoms with Crippen molar-refractivity contribution in [2.24, 2.45) is 5.73 Å². The van der Waals surface area contributed by atoms with Crippen molar-refractivity contribution in [3.63, 3.8) is 0 Å². The van der Waals surface area contributed by atoms with Crippen LogP contribution < -0.4 is 16.4 Å². The molecule has 126 valence electrons. The van der Waals surface area contributed by atoms with Gasteiger partial charge < -0.3 is 21.1 Å². The number of anilines is 1. The number of carbonyl (C=O) groups is 3. The van der Waals surface area contributed by atoms with Crippen molar-refractivity contribution in [2.75, 3.05) is 23.9 Å². The third-order valence-electron chi connectivity index (χ3n) is 2.71. The molecular weight excluding hydrogens is 325 g/mol. The average Bonchev–Trinajstić information content (AvgIpc) is 2.51. The maximum Gasteiger partial charge on any atom is 0.329 e. The lowest BCUT2D eigenvalue weighted by molar-refractivity contribution is -0.149. The Balaban J connectivity index is 2.50. The van der Waals surface area contributed by atoms with E-state index in [1.807, 2.05) is 6.26 Å². The molecule has 1 aromatic carbocycles. The van der Waals surface area contributed by atoms with Crippen molar-refractivity contribution >= 4 is 35.4 Å². The highest BCUT2D eigenvalue weighted by molar-refractivity contribution is 7.98. The Bertz CT molecular complexity index is 571. The van der Waals surface area contributed by atoms with Gasteiger partial charge in [-0.1, -0.05) is 12.1 Å². The number of ether oxygens (including phenoxy) is 1. The number of esters is 1. The molecule has 4 N–H and O–H groups in total. The quantitative estimate of drug-likeness (QED) is 0.612. The van der Waals surface area contributed by atoms with E-state index in [0.29, 0.717) is 12.2 Å². The number of thioether (sulfide) groups is 1. The molecule has 3 amide bonds. The summed E-state index contributed by atoms with van der Waals surface area (Å²) in [4.78, 5) is 34.4. The second-order valence-corrected chi connectivity index (χ2v) is 5.46. The Morgan fingerprint density at radius 1 is 1.35 bits per heavy atom. The number of halogens is 1. The minimum absolute atomic E-state index is 0.0113. The molecule has 0 radical (unpaired) electrons. The van der Waals surface area contributed by atoms with E-state index in [1.54, 1.807) is 6.07 Å². The van der Waals surface area contributed by atoms with Gasteiger partial charge in [0.1, 0.15) is 11.9 Å². The van der Waals surface area contributed by atoms with E-state index >= 15 is 0 Å². The minimum Gasteiger partial charge on any atom is -0.454 e. The van der Waals surface area contributed by atoms with Crippen LogP contribution >= 0.6 is 11.8 Å². The molecule has 0 unspecified atom stereocenters. The smallest absolute Gasteiger partial charge is 0.329 e. The normalized spacial score (nSPS) is 11.4.